The molecule has 0 spiro atoms. The molecule has 0 atom stereocenters. The van der Waals surface area contributed by atoms with Crippen LogP contribution in [0, 0.1) is 27.7 Å². The third kappa shape index (κ3) is 3.30. The normalized spacial score (nSPS) is 12.6. The van der Waals surface area contributed by atoms with Gasteiger partial charge in [0.25, 0.3) is 0 Å². The molecular weight excluding hydrogens is 258 g/mol. The predicted octanol–water partition coefficient (Wildman–Crippen LogP) is 3.59. The maximum absolute atomic E-state index is 11.6. The minimum Gasteiger partial charge on any atom is -0.283 e. The van der Waals surface area contributed by atoms with Gasteiger partial charge in [-0.1, -0.05) is 20.8 Å². The van der Waals surface area contributed by atoms with E-state index in [9.17, 15) is 8.42 Å². The molecule has 1 N–H and O–H groups in total. The molecule has 1 aromatic carbocycles. The monoisotopic (exact) mass is 283 g/mol. The minimum atomic E-state index is -3.28. The van der Waals surface area contributed by atoms with Gasteiger partial charge >= 0.3 is 0 Å². The van der Waals surface area contributed by atoms with E-state index in [2.05, 4.69) is 39.3 Å². The Morgan fingerprint density at radius 3 is 1.63 bits per heavy atom. The van der Waals surface area contributed by atoms with E-state index in [1.807, 2.05) is 13.8 Å². The lowest BCUT2D eigenvalue weighted by Gasteiger charge is -2.29. The fourth-order valence-electron chi connectivity index (χ4n) is 2.56. The molecule has 0 aliphatic carbocycles. The summed E-state index contributed by atoms with van der Waals surface area (Å²) in [7, 11) is -3.28. The van der Waals surface area contributed by atoms with E-state index >= 15 is 0 Å². The van der Waals surface area contributed by atoms with Gasteiger partial charge in [-0.3, -0.25) is 4.72 Å². The molecule has 0 radical (unpaired) electrons. The van der Waals surface area contributed by atoms with E-state index in [1.54, 1.807) is 0 Å². The molecule has 0 aliphatic heterocycles. The summed E-state index contributed by atoms with van der Waals surface area (Å²) in [4.78, 5) is 0. The van der Waals surface area contributed by atoms with Crippen molar-refractivity contribution in [2.45, 2.75) is 53.9 Å². The Morgan fingerprint density at radius 1 is 0.842 bits per heavy atom. The highest BCUT2D eigenvalue weighted by atomic mass is 32.2. The maximum atomic E-state index is 11.6. The van der Waals surface area contributed by atoms with Gasteiger partial charge in [-0.2, -0.15) is 0 Å². The summed E-state index contributed by atoms with van der Waals surface area (Å²) in [5.74, 6) is 0. The number of nitrogens with one attached hydrogen (secondary N) is 1. The van der Waals surface area contributed by atoms with Gasteiger partial charge in [-0.25, -0.2) is 8.42 Å². The molecule has 108 valence electrons. The van der Waals surface area contributed by atoms with Gasteiger partial charge in [0.1, 0.15) is 0 Å². The Hall–Kier alpha value is -1.03. The van der Waals surface area contributed by atoms with Crippen LogP contribution >= 0.6 is 0 Å². The summed E-state index contributed by atoms with van der Waals surface area (Å²) in [6, 6.07) is 0. The molecule has 0 fully saturated rings. The SMILES string of the molecule is Cc1c(C)c(C)c(C(C)(C)C)c(NS(C)(=O)=O)c1C. The summed E-state index contributed by atoms with van der Waals surface area (Å²) in [6.45, 7) is 14.5. The molecule has 1 aromatic rings. The van der Waals surface area contributed by atoms with Crippen molar-refractivity contribution in [3.05, 3.63) is 27.8 Å². The van der Waals surface area contributed by atoms with Crippen molar-refractivity contribution >= 4 is 15.7 Å². The number of hydrogen-bond donors (Lipinski definition) is 1. The van der Waals surface area contributed by atoms with Crippen LogP contribution in [-0.4, -0.2) is 14.7 Å². The van der Waals surface area contributed by atoms with Crippen LogP contribution in [-0.2, 0) is 15.4 Å². The highest BCUT2D eigenvalue weighted by Crippen LogP contribution is 2.38. The van der Waals surface area contributed by atoms with Crippen molar-refractivity contribution in [3.8, 4) is 0 Å². The largest absolute Gasteiger partial charge is 0.283 e. The zero-order valence-electron chi connectivity index (χ0n) is 13.2. The van der Waals surface area contributed by atoms with Crippen molar-refractivity contribution < 1.29 is 8.42 Å². The van der Waals surface area contributed by atoms with E-state index in [0.717, 1.165) is 22.4 Å². The highest BCUT2D eigenvalue weighted by molar-refractivity contribution is 7.92. The third-order valence-corrected chi connectivity index (χ3v) is 4.30. The molecule has 0 unspecified atom stereocenters. The molecule has 0 saturated carbocycles. The zero-order chi connectivity index (χ0) is 15.2. The van der Waals surface area contributed by atoms with E-state index < -0.39 is 10.0 Å². The van der Waals surface area contributed by atoms with Crippen molar-refractivity contribution in [1.82, 2.24) is 0 Å². The number of anilines is 1. The fourth-order valence-corrected chi connectivity index (χ4v) is 3.19. The second-order valence-corrected chi connectivity index (χ2v) is 8.12. The zero-order valence-corrected chi connectivity index (χ0v) is 14.0. The lowest BCUT2D eigenvalue weighted by atomic mass is 9.79. The van der Waals surface area contributed by atoms with E-state index in [-0.39, 0.29) is 5.41 Å². The molecule has 4 heteroatoms. The maximum Gasteiger partial charge on any atom is 0.229 e. The lowest BCUT2D eigenvalue weighted by molar-refractivity contribution is 0.585. The van der Waals surface area contributed by atoms with E-state index in [0.29, 0.717) is 0 Å². The molecule has 0 aromatic heterocycles. The van der Waals surface area contributed by atoms with Crippen LogP contribution in [0.2, 0.25) is 0 Å². The third-order valence-electron chi connectivity index (χ3n) is 3.72. The Bertz CT molecular complexity index is 608. The van der Waals surface area contributed by atoms with Gasteiger partial charge in [0.15, 0.2) is 0 Å². The van der Waals surface area contributed by atoms with Crippen LogP contribution in [0.5, 0.6) is 0 Å². The molecule has 0 aliphatic rings. The van der Waals surface area contributed by atoms with E-state index in [1.165, 1.54) is 17.4 Å². The number of hydrogen-bond acceptors (Lipinski definition) is 2. The highest BCUT2D eigenvalue weighted by Gasteiger charge is 2.25. The minimum absolute atomic E-state index is 0.111. The standard InChI is InChI=1S/C15H25NO2S/c1-9-10(2)12(4)14(16-19(8,17)18)13(11(9)3)15(5,6)7/h16H,1-8H3. The molecule has 19 heavy (non-hydrogen) atoms. The van der Waals surface area contributed by atoms with Crippen LogP contribution in [0.1, 0.15) is 48.6 Å². The van der Waals surface area contributed by atoms with Crippen molar-refractivity contribution in [2.24, 2.45) is 0 Å². The van der Waals surface area contributed by atoms with Crippen LogP contribution in [0.15, 0.2) is 0 Å². The number of rotatable bonds is 2. The van der Waals surface area contributed by atoms with Gasteiger partial charge in [-0.05, 0) is 60.9 Å². The lowest BCUT2D eigenvalue weighted by Crippen LogP contribution is -2.21. The average molecular weight is 283 g/mol. The first-order valence-corrected chi connectivity index (χ1v) is 8.34. The van der Waals surface area contributed by atoms with Gasteiger partial charge in [-0.15, -0.1) is 0 Å². The number of benzene rings is 1. The summed E-state index contributed by atoms with van der Waals surface area (Å²) in [5.41, 5.74) is 6.29. The molecule has 1 rings (SSSR count). The second-order valence-electron chi connectivity index (χ2n) is 6.37. The fraction of sp³-hybridized carbons (Fsp3) is 0.600. The Balaban J connectivity index is 3.78. The Kier molecular flexibility index (Phi) is 4.06. The van der Waals surface area contributed by atoms with Gasteiger partial charge < -0.3 is 0 Å². The van der Waals surface area contributed by atoms with Crippen LogP contribution in [0.3, 0.4) is 0 Å². The molecule has 3 nitrogen and oxygen atoms in total. The topological polar surface area (TPSA) is 46.2 Å². The van der Waals surface area contributed by atoms with Crippen LogP contribution in [0.25, 0.3) is 0 Å². The predicted molar refractivity (Wildman–Crippen MR) is 82.6 cm³/mol. The van der Waals surface area contributed by atoms with Gasteiger partial charge in [0, 0.05) is 0 Å². The molecule has 0 heterocycles. The Morgan fingerprint density at radius 2 is 1.26 bits per heavy atom. The van der Waals surface area contributed by atoms with Crippen molar-refractivity contribution in [1.29, 1.82) is 0 Å². The van der Waals surface area contributed by atoms with Crippen LogP contribution < -0.4 is 4.72 Å². The van der Waals surface area contributed by atoms with Crippen LogP contribution in [0.4, 0.5) is 5.69 Å². The molecule has 0 amide bonds. The summed E-state index contributed by atoms with van der Waals surface area (Å²) >= 11 is 0. The van der Waals surface area contributed by atoms with Gasteiger partial charge in [0.05, 0.1) is 11.9 Å². The smallest absolute Gasteiger partial charge is 0.229 e. The average Bonchev–Trinajstić information content (AvgIpc) is 2.19. The first-order chi connectivity index (χ1) is 8.36. The van der Waals surface area contributed by atoms with Gasteiger partial charge in [0.2, 0.25) is 10.0 Å². The Labute approximate surface area is 117 Å². The molecule has 0 saturated heterocycles. The van der Waals surface area contributed by atoms with E-state index in [4.69, 9.17) is 0 Å². The van der Waals surface area contributed by atoms with Crippen molar-refractivity contribution in [3.63, 3.8) is 0 Å². The summed E-state index contributed by atoms with van der Waals surface area (Å²) in [5, 5.41) is 0. The summed E-state index contributed by atoms with van der Waals surface area (Å²) < 4.78 is 26.0. The molecular formula is C15H25NO2S. The quantitative estimate of drug-likeness (QED) is 0.901. The summed E-state index contributed by atoms with van der Waals surface area (Å²) in [6.07, 6.45) is 1.20. The number of sulfonamides is 1. The van der Waals surface area contributed by atoms with Crippen molar-refractivity contribution in [2.75, 3.05) is 11.0 Å². The second kappa shape index (κ2) is 4.82. The first-order valence-electron chi connectivity index (χ1n) is 6.45. The first kappa shape index (κ1) is 16.0. The molecule has 0 bridgehead atoms.